The van der Waals surface area contributed by atoms with Crippen LogP contribution < -0.4 is 0 Å². The molecule has 3 nitrogen and oxygen atoms in total. The van der Waals surface area contributed by atoms with Crippen molar-refractivity contribution in [1.29, 1.82) is 0 Å². The topological polar surface area (TPSA) is 38.0 Å². The van der Waals surface area contributed by atoms with Crippen molar-refractivity contribution >= 4 is 0 Å². The van der Waals surface area contributed by atoms with Crippen LogP contribution >= 0.6 is 0 Å². The molecule has 0 aliphatic rings. The van der Waals surface area contributed by atoms with Gasteiger partial charge >= 0.3 is 0 Å². The molecule has 0 spiro atoms. The number of phenolic OH excluding ortho intramolecular Hbond substituents is 1. The van der Waals surface area contributed by atoms with Crippen molar-refractivity contribution in [2.75, 3.05) is 0 Å². The lowest BCUT2D eigenvalue weighted by atomic mass is 10.2. The number of aromatic nitrogens is 2. The first kappa shape index (κ1) is 8.81. The van der Waals surface area contributed by atoms with Gasteiger partial charge in [-0.25, -0.2) is 0 Å². The minimum absolute atomic E-state index is 0.297. The van der Waals surface area contributed by atoms with Gasteiger partial charge in [-0.15, -0.1) is 0 Å². The van der Waals surface area contributed by atoms with Gasteiger partial charge in [-0.1, -0.05) is 12.1 Å². The van der Waals surface area contributed by atoms with Crippen molar-refractivity contribution in [3.8, 4) is 5.75 Å². The Kier molecular flexibility index (Phi) is 2.23. The highest BCUT2D eigenvalue weighted by molar-refractivity contribution is 5.26. The Labute approximate surface area is 82.6 Å². The molecule has 14 heavy (non-hydrogen) atoms. The number of aryl methyl sites for hydroxylation is 1. The summed E-state index contributed by atoms with van der Waals surface area (Å²) in [5, 5.41) is 13.3. The zero-order chi connectivity index (χ0) is 9.97. The molecule has 0 fully saturated rings. The average Bonchev–Trinajstić information content (AvgIpc) is 2.56. The summed E-state index contributed by atoms with van der Waals surface area (Å²) in [5.74, 6) is 0.297. The number of benzene rings is 1. The maximum absolute atomic E-state index is 9.11. The van der Waals surface area contributed by atoms with Gasteiger partial charge in [-0.3, -0.25) is 4.68 Å². The van der Waals surface area contributed by atoms with E-state index in [-0.39, 0.29) is 0 Å². The predicted octanol–water partition coefficient (Wildman–Crippen LogP) is 1.95. The highest BCUT2D eigenvalue weighted by Crippen LogP contribution is 2.11. The Morgan fingerprint density at radius 1 is 1.21 bits per heavy atom. The smallest absolute Gasteiger partial charge is 0.115 e. The van der Waals surface area contributed by atoms with Gasteiger partial charge in [-0.05, 0) is 30.7 Å². The SMILES string of the molecule is Cc1ccnn1Cc1ccc(O)cc1. The number of phenols is 1. The van der Waals surface area contributed by atoms with Crippen LogP contribution in [0.5, 0.6) is 5.75 Å². The van der Waals surface area contributed by atoms with E-state index in [0.29, 0.717) is 5.75 Å². The molecule has 1 heterocycles. The molecule has 0 aliphatic carbocycles. The monoisotopic (exact) mass is 188 g/mol. The van der Waals surface area contributed by atoms with Crippen LogP contribution in [0.4, 0.5) is 0 Å². The highest BCUT2D eigenvalue weighted by Gasteiger charge is 1.98. The quantitative estimate of drug-likeness (QED) is 0.782. The van der Waals surface area contributed by atoms with Crippen LogP contribution in [0.2, 0.25) is 0 Å². The summed E-state index contributed by atoms with van der Waals surface area (Å²) >= 11 is 0. The molecule has 0 radical (unpaired) electrons. The molecule has 0 amide bonds. The first-order valence-corrected chi connectivity index (χ1v) is 4.52. The Balaban J connectivity index is 2.19. The molecule has 3 heteroatoms. The van der Waals surface area contributed by atoms with Crippen LogP contribution in [-0.4, -0.2) is 14.9 Å². The van der Waals surface area contributed by atoms with E-state index in [2.05, 4.69) is 5.10 Å². The maximum Gasteiger partial charge on any atom is 0.115 e. The third kappa shape index (κ3) is 1.76. The normalized spacial score (nSPS) is 10.4. The molecule has 0 aliphatic heterocycles. The van der Waals surface area contributed by atoms with Gasteiger partial charge in [0.1, 0.15) is 5.75 Å². The Bertz CT molecular complexity index is 417. The number of nitrogens with zero attached hydrogens (tertiary/aromatic N) is 2. The Morgan fingerprint density at radius 3 is 2.50 bits per heavy atom. The zero-order valence-electron chi connectivity index (χ0n) is 8.01. The van der Waals surface area contributed by atoms with Crippen molar-refractivity contribution in [3.05, 3.63) is 47.8 Å². The molecule has 1 N–H and O–H groups in total. The van der Waals surface area contributed by atoms with Gasteiger partial charge in [-0.2, -0.15) is 5.10 Å². The fourth-order valence-corrected chi connectivity index (χ4v) is 1.34. The lowest BCUT2D eigenvalue weighted by molar-refractivity contribution is 0.475. The van der Waals surface area contributed by atoms with Gasteiger partial charge in [0, 0.05) is 11.9 Å². The summed E-state index contributed by atoms with van der Waals surface area (Å²) in [6.45, 7) is 2.77. The number of hydrogen-bond acceptors (Lipinski definition) is 2. The lowest BCUT2D eigenvalue weighted by Gasteiger charge is -2.04. The van der Waals surface area contributed by atoms with E-state index < -0.39 is 0 Å². The predicted molar refractivity (Wildman–Crippen MR) is 54.2 cm³/mol. The van der Waals surface area contributed by atoms with Crippen molar-refractivity contribution in [1.82, 2.24) is 9.78 Å². The molecule has 1 aromatic carbocycles. The molecule has 0 atom stereocenters. The van der Waals surface area contributed by atoms with Crippen molar-refractivity contribution in [2.24, 2.45) is 0 Å². The largest absolute Gasteiger partial charge is 0.508 e. The molecule has 2 aromatic rings. The van der Waals surface area contributed by atoms with Gasteiger partial charge in [0.2, 0.25) is 0 Å². The van der Waals surface area contributed by atoms with Crippen LogP contribution in [0.1, 0.15) is 11.3 Å². The van der Waals surface area contributed by atoms with E-state index in [1.54, 1.807) is 18.3 Å². The third-order valence-corrected chi connectivity index (χ3v) is 2.20. The maximum atomic E-state index is 9.11. The number of rotatable bonds is 2. The van der Waals surface area contributed by atoms with Crippen LogP contribution in [0, 0.1) is 6.92 Å². The third-order valence-electron chi connectivity index (χ3n) is 2.20. The van der Waals surface area contributed by atoms with Crippen molar-refractivity contribution in [3.63, 3.8) is 0 Å². The van der Waals surface area contributed by atoms with E-state index in [9.17, 15) is 0 Å². The summed E-state index contributed by atoms with van der Waals surface area (Å²) in [4.78, 5) is 0. The van der Waals surface area contributed by atoms with Crippen molar-refractivity contribution < 1.29 is 5.11 Å². The van der Waals surface area contributed by atoms with Gasteiger partial charge in [0.15, 0.2) is 0 Å². The number of aromatic hydroxyl groups is 1. The standard InChI is InChI=1S/C11H12N2O/c1-9-6-7-12-13(9)8-10-2-4-11(14)5-3-10/h2-7,14H,8H2,1H3. The van der Waals surface area contributed by atoms with E-state index in [4.69, 9.17) is 5.11 Å². The highest BCUT2D eigenvalue weighted by atomic mass is 16.3. The fourth-order valence-electron chi connectivity index (χ4n) is 1.34. The molecule has 1 aromatic heterocycles. The van der Waals surface area contributed by atoms with Crippen LogP contribution in [0.3, 0.4) is 0 Å². The summed E-state index contributed by atoms with van der Waals surface area (Å²) in [6.07, 6.45) is 1.79. The molecule has 2 rings (SSSR count). The average molecular weight is 188 g/mol. The molecular formula is C11H12N2O. The van der Waals surface area contributed by atoms with E-state index in [0.717, 1.165) is 17.8 Å². The summed E-state index contributed by atoms with van der Waals surface area (Å²) in [6, 6.07) is 9.15. The molecule has 0 bridgehead atoms. The van der Waals surface area contributed by atoms with Crippen molar-refractivity contribution in [2.45, 2.75) is 13.5 Å². The van der Waals surface area contributed by atoms with Crippen LogP contribution in [0.15, 0.2) is 36.5 Å². The zero-order valence-corrected chi connectivity index (χ0v) is 8.01. The number of hydrogen-bond donors (Lipinski definition) is 1. The molecule has 0 saturated heterocycles. The van der Waals surface area contributed by atoms with Crippen LogP contribution in [0.25, 0.3) is 0 Å². The molecule has 0 saturated carbocycles. The molecular weight excluding hydrogens is 176 g/mol. The lowest BCUT2D eigenvalue weighted by Crippen LogP contribution is -2.02. The van der Waals surface area contributed by atoms with Gasteiger partial charge in [0.25, 0.3) is 0 Å². The van der Waals surface area contributed by atoms with Gasteiger partial charge in [0.05, 0.1) is 6.54 Å². The molecule has 72 valence electrons. The van der Waals surface area contributed by atoms with Crippen LogP contribution in [-0.2, 0) is 6.54 Å². The second kappa shape index (κ2) is 3.54. The fraction of sp³-hybridized carbons (Fsp3) is 0.182. The van der Waals surface area contributed by atoms with E-state index >= 15 is 0 Å². The molecule has 0 unspecified atom stereocenters. The Morgan fingerprint density at radius 2 is 1.93 bits per heavy atom. The summed E-state index contributed by atoms with van der Waals surface area (Å²) in [5.41, 5.74) is 2.27. The van der Waals surface area contributed by atoms with E-state index in [1.807, 2.05) is 29.8 Å². The summed E-state index contributed by atoms with van der Waals surface area (Å²) < 4.78 is 1.92. The minimum atomic E-state index is 0.297. The summed E-state index contributed by atoms with van der Waals surface area (Å²) in [7, 11) is 0. The Hall–Kier alpha value is -1.77. The van der Waals surface area contributed by atoms with E-state index in [1.165, 1.54) is 0 Å². The minimum Gasteiger partial charge on any atom is -0.508 e. The second-order valence-corrected chi connectivity index (χ2v) is 3.30. The van der Waals surface area contributed by atoms with Gasteiger partial charge < -0.3 is 5.11 Å². The first-order valence-electron chi connectivity index (χ1n) is 4.52. The first-order chi connectivity index (χ1) is 6.75. The second-order valence-electron chi connectivity index (χ2n) is 3.30.